The fourth-order valence-electron chi connectivity index (χ4n) is 5.46. The fraction of sp³-hybridized carbons (Fsp3) is 0.448. The standard InChI is InChI=1S/C29H34N6S2/c1-4-27-31-25-17-20-11-14-35(15-12-21(20)18-26(25)37-27)13-6-16-36-29-33-32-28(34(29)3)23-7-5-8-24-22(23)10-9-19(2)30-24/h5,7-10,18,27H,4,6,11-17H2,1-3H3. The highest BCUT2D eigenvalue weighted by Gasteiger charge is 2.28. The molecular weight excluding hydrogens is 496 g/mol. The maximum absolute atomic E-state index is 4.95. The molecule has 6 rings (SSSR count). The smallest absolute Gasteiger partial charge is 0.191 e. The van der Waals surface area contributed by atoms with Gasteiger partial charge >= 0.3 is 0 Å². The predicted octanol–water partition coefficient (Wildman–Crippen LogP) is 6.42. The zero-order valence-electron chi connectivity index (χ0n) is 21.9. The Balaban J connectivity index is 1.03. The largest absolute Gasteiger partial charge is 0.305 e. The number of pyridine rings is 1. The van der Waals surface area contributed by atoms with Crippen molar-refractivity contribution in [2.45, 2.75) is 56.5 Å². The van der Waals surface area contributed by atoms with Gasteiger partial charge in [0, 0.05) is 53.9 Å². The molecule has 192 valence electrons. The van der Waals surface area contributed by atoms with Crippen molar-refractivity contribution in [3.8, 4) is 11.4 Å². The Labute approximate surface area is 227 Å². The number of hydrogen-bond acceptors (Lipinski definition) is 7. The summed E-state index contributed by atoms with van der Waals surface area (Å²) in [6.45, 7) is 7.71. The van der Waals surface area contributed by atoms with Gasteiger partial charge in [-0.3, -0.25) is 9.98 Å². The Morgan fingerprint density at radius 3 is 2.89 bits per heavy atom. The van der Waals surface area contributed by atoms with Crippen molar-refractivity contribution < 1.29 is 0 Å². The monoisotopic (exact) mass is 530 g/mol. The van der Waals surface area contributed by atoms with Crippen LogP contribution in [0.15, 0.2) is 62.6 Å². The van der Waals surface area contributed by atoms with E-state index < -0.39 is 0 Å². The summed E-state index contributed by atoms with van der Waals surface area (Å²) < 4.78 is 2.12. The molecule has 0 bridgehead atoms. The lowest BCUT2D eigenvalue weighted by Crippen LogP contribution is -2.26. The minimum atomic E-state index is 0.442. The van der Waals surface area contributed by atoms with E-state index in [1.165, 1.54) is 23.5 Å². The first kappa shape index (κ1) is 24.9. The number of aliphatic imine (C=N–C) groups is 1. The normalized spacial score (nSPS) is 20.0. The van der Waals surface area contributed by atoms with Crippen LogP contribution in [0, 0.1) is 6.92 Å². The summed E-state index contributed by atoms with van der Waals surface area (Å²) in [5, 5.41) is 11.6. The van der Waals surface area contributed by atoms with Gasteiger partial charge in [-0.1, -0.05) is 54.2 Å². The van der Waals surface area contributed by atoms with Crippen LogP contribution in [0.5, 0.6) is 0 Å². The fourth-order valence-corrected chi connectivity index (χ4v) is 7.41. The highest BCUT2D eigenvalue weighted by molar-refractivity contribution is 8.05. The second kappa shape index (κ2) is 10.8. The van der Waals surface area contributed by atoms with Gasteiger partial charge in [0.05, 0.1) is 16.6 Å². The molecule has 1 aliphatic carbocycles. The van der Waals surface area contributed by atoms with Crippen LogP contribution in [-0.2, 0) is 7.05 Å². The van der Waals surface area contributed by atoms with E-state index in [-0.39, 0.29) is 0 Å². The van der Waals surface area contributed by atoms with Crippen molar-refractivity contribution in [2.24, 2.45) is 12.0 Å². The summed E-state index contributed by atoms with van der Waals surface area (Å²) >= 11 is 3.77. The van der Waals surface area contributed by atoms with Gasteiger partial charge in [-0.2, -0.15) is 0 Å². The van der Waals surface area contributed by atoms with Gasteiger partial charge < -0.3 is 9.47 Å². The van der Waals surface area contributed by atoms with Crippen LogP contribution in [-0.4, -0.2) is 61.1 Å². The van der Waals surface area contributed by atoms with Crippen LogP contribution in [0.4, 0.5) is 0 Å². The van der Waals surface area contributed by atoms with Crippen LogP contribution < -0.4 is 0 Å². The molecule has 3 aromatic rings. The van der Waals surface area contributed by atoms with E-state index in [1.807, 2.05) is 18.7 Å². The number of aryl methyl sites for hydroxylation is 1. The maximum atomic E-state index is 4.95. The Morgan fingerprint density at radius 1 is 1.11 bits per heavy atom. The summed E-state index contributed by atoms with van der Waals surface area (Å²) in [6, 6.07) is 10.4. The number of nitrogens with zero attached hydrogens (tertiary/aromatic N) is 6. The van der Waals surface area contributed by atoms with E-state index >= 15 is 0 Å². The lowest BCUT2D eigenvalue weighted by Gasteiger charge is -2.19. The molecule has 8 heteroatoms. The quantitative estimate of drug-likeness (QED) is 0.259. The van der Waals surface area contributed by atoms with Crippen molar-refractivity contribution in [3.63, 3.8) is 0 Å². The van der Waals surface area contributed by atoms with E-state index in [1.54, 1.807) is 22.9 Å². The molecule has 2 aromatic heterocycles. The summed E-state index contributed by atoms with van der Waals surface area (Å²) in [5.41, 5.74) is 7.67. The number of thioether (sulfide) groups is 2. The lowest BCUT2D eigenvalue weighted by atomic mass is 9.93. The number of benzene rings is 1. The van der Waals surface area contributed by atoms with Crippen molar-refractivity contribution in [3.05, 3.63) is 58.2 Å². The van der Waals surface area contributed by atoms with Gasteiger partial charge in [0.2, 0.25) is 0 Å². The maximum Gasteiger partial charge on any atom is 0.191 e. The SMILES string of the molecule is CCC1N=C2CC3=C(C=C2S1)CCN(CCCSc1nnc(-c2cccc4nc(C)ccc24)n1C)CC3. The highest BCUT2D eigenvalue weighted by Crippen LogP contribution is 2.41. The molecular formula is C29H34N6S2. The molecule has 0 saturated carbocycles. The van der Waals surface area contributed by atoms with Crippen LogP contribution in [0.3, 0.4) is 0 Å². The van der Waals surface area contributed by atoms with Crippen LogP contribution in [0.25, 0.3) is 22.3 Å². The number of aromatic nitrogens is 4. The van der Waals surface area contributed by atoms with E-state index in [9.17, 15) is 0 Å². The van der Waals surface area contributed by atoms with Gasteiger partial charge in [0.15, 0.2) is 11.0 Å². The van der Waals surface area contributed by atoms with Crippen LogP contribution >= 0.6 is 23.5 Å². The minimum Gasteiger partial charge on any atom is -0.305 e. The first-order chi connectivity index (χ1) is 18.1. The topological polar surface area (TPSA) is 59.2 Å². The van der Waals surface area contributed by atoms with Crippen molar-refractivity contribution in [2.75, 3.05) is 25.4 Å². The average molecular weight is 531 g/mol. The van der Waals surface area contributed by atoms with E-state index in [4.69, 9.17) is 4.99 Å². The second-order valence-electron chi connectivity index (χ2n) is 10.1. The second-order valence-corrected chi connectivity index (χ2v) is 12.4. The van der Waals surface area contributed by atoms with Gasteiger partial charge in [-0.05, 0) is 62.9 Å². The molecule has 4 heterocycles. The summed E-state index contributed by atoms with van der Waals surface area (Å²) in [4.78, 5) is 13.7. The Morgan fingerprint density at radius 2 is 2.00 bits per heavy atom. The van der Waals surface area contributed by atoms with E-state index in [0.29, 0.717) is 5.37 Å². The third-order valence-corrected chi connectivity index (χ3v) is 9.99. The third kappa shape index (κ3) is 5.16. The molecule has 0 fully saturated rings. The molecule has 0 radical (unpaired) electrons. The molecule has 0 saturated heterocycles. The molecule has 6 nitrogen and oxygen atoms in total. The first-order valence-corrected chi connectivity index (χ1v) is 15.2. The van der Waals surface area contributed by atoms with Gasteiger partial charge in [-0.25, -0.2) is 0 Å². The van der Waals surface area contributed by atoms with Crippen LogP contribution in [0.1, 0.15) is 44.7 Å². The Kier molecular flexibility index (Phi) is 7.23. The van der Waals surface area contributed by atoms with Crippen molar-refractivity contribution >= 4 is 40.1 Å². The third-order valence-electron chi connectivity index (χ3n) is 7.56. The predicted molar refractivity (Wildman–Crippen MR) is 156 cm³/mol. The molecule has 1 aromatic carbocycles. The van der Waals surface area contributed by atoms with Crippen molar-refractivity contribution in [1.82, 2.24) is 24.6 Å². The summed E-state index contributed by atoms with van der Waals surface area (Å²) in [7, 11) is 2.07. The molecule has 1 atom stereocenters. The Hall–Kier alpha value is -2.42. The molecule has 37 heavy (non-hydrogen) atoms. The number of hydrogen-bond donors (Lipinski definition) is 0. The molecule has 0 N–H and O–H groups in total. The number of allylic oxidation sites excluding steroid dienone is 2. The lowest BCUT2D eigenvalue weighted by molar-refractivity contribution is 0.288. The zero-order chi connectivity index (χ0) is 25.4. The average Bonchev–Trinajstić information content (AvgIpc) is 3.42. The minimum absolute atomic E-state index is 0.442. The van der Waals surface area contributed by atoms with E-state index in [0.717, 1.165) is 77.8 Å². The molecule has 0 spiro atoms. The summed E-state index contributed by atoms with van der Waals surface area (Å²) in [6.07, 6.45) is 8.15. The molecule has 3 aliphatic rings. The number of fused-ring (bicyclic) bond motifs is 2. The first-order valence-electron chi connectivity index (χ1n) is 13.4. The molecule has 2 aliphatic heterocycles. The molecule has 1 unspecified atom stereocenters. The van der Waals surface area contributed by atoms with Crippen LogP contribution in [0.2, 0.25) is 0 Å². The number of rotatable bonds is 7. The van der Waals surface area contributed by atoms with Crippen molar-refractivity contribution in [1.29, 1.82) is 0 Å². The summed E-state index contributed by atoms with van der Waals surface area (Å²) in [5.74, 6) is 1.94. The molecule has 0 amide bonds. The van der Waals surface area contributed by atoms with E-state index in [2.05, 4.69) is 75.0 Å². The van der Waals surface area contributed by atoms with Gasteiger partial charge in [0.25, 0.3) is 0 Å². The zero-order valence-corrected chi connectivity index (χ0v) is 23.5. The van der Waals surface area contributed by atoms with Gasteiger partial charge in [-0.15, -0.1) is 10.2 Å². The Bertz CT molecular complexity index is 1420. The van der Waals surface area contributed by atoms with Gasteiger partial charge in [0.1, 0.15) is 0 Å². The highest BCUT2D eigenvalue weighted by atomic mass is 32.2.